The van der Waals surface area contributed by atoms with E-state index >= 15 is 0 Å². The van der Waals surface area contributed by atoms with Gasteiger partial charge in [-0.15, -0.1) is 0 Å². The van der Waals surface area contributed by atoms with Crippen molar-refractivity contribution in [2.45, 2.75) is 5.33 Å². The average molecular weight is 255 g/mol. The highest BCUT2D eigenvalue weighted by Crippen LogP contribution is 2.22. The van der Waals surface area contributed by atoms with Crippen LogP contribution in [0.5, 0.6) is 0 Å². The summed E-state index contributed by atoms with van der Waals surface area (Å²) in [7, 11) is 0. The Morgan fingerprint density at radius 2 is 2.00 bits per heavy atom. The van der Waals surface area contributed by atoms with E-state index in [2.05, 4.69) is 26.1 Å². The largest absolute Gasteiger partial charge is 0.278 e. The minimum absolute atomic E-state index is 0.228. The number of hydrogen-bond donors (Lipinski definition) is 1. The molecule has 0 fully saturated rings. The third kappa shape index (κ3) is 1.70. The molecule has 4 heteroatoms. The van der Waals surface area contributed by atoms with E-state index in [9.17, 15) is 4.39 Å². The topological polar surface area (TPSA) is 28.7 Å². The predicted molar refractivity (Wildman–Crippen MR) is 56.6 cm³/mol. The van der Waals surface area contributed by atoms with Gasteiger partial charge in [-0.05, 0) is 24.3 Å². The van der Waals surface area contributed by atoms with Crippen molar-refractivity contribution in [3.63, 3.8) is 0 Å². The van der Waals surface area contributed by atoms with Crippen molar-refractivity contribution in [2.24, 2.45) is 0 Å². The fourth-order valence-electron chi connectivity index (χ4n) is 1.28. The number of nitrogens with one attached hydrogen (secondary N) is 1. The van der Waals surface area contributed by atoms with Crippen molar-refractivity contribution < 1.29 is 4.39 Å². The second kappa shape index (κ2) is 3.92. The number of nitrogens with zero attached hydrogens (tertiary/aromatic N) is 1. The highest BCUT2D eigenvalue weighted by atomic mass is 79.9. The number of H-pyrrole nitrogens is 1. The van der Waals surface area contributed by atoms with Gasteiger partial charge in [0, 0.05) is 16.5 Å². The van der Waals surface area contributed by atoms with E-state index in [0.29, 0.717) is 0 Å². The van der Waals surface area contributed by atoms with E-state index in [1.165, 1.54) is 12.1 Å². The molecule has 1 aromatic carbocycles. The molecule has 0 spiro atoms. The summed E-state index contributed by atoms with van der Waals surface area (Å²) in [6, 6.07) is 6.34. The molecule has 0 atom stereocenters. The lowest BCUT2D eigenvalue weighted by Crippen LogP contribution is -1.83. The smallest absolute Gasteiger partial charge is 0.123 e. The summed E-state index contributed by atoms with van der Waals surface area (Å²) >= 11 is 3.37. The summed E-state index contributed by atoms with van der Waals surface area (Å²) in [5.41, 5.74) is 2.94. The maximum atomic E-state index is 12.7. The van der Waals surface area contributed by atoms with Crippen LogP contribution in [0, 0.1) is 5.82 Å². The van der Waals surface area contributed by atoms with Gasteiger partial charge in [0.25, 0.3) is 0 Å². The zero-order chi connectivity index (χ0) is 9.97. The Labute approximate surface area is 89.3 Å². The summed E-state index contributed by atoms with van der Waals surface area (Å²) in [5.74, 6) is -0.228. The molecule has 0 unspecified atom stereocenters. The van der Waals surface area contributed by atoms with Crippen LogP contribution in [-0.2, 0) is 5.33 Å². The van der Waals surface area contributed by atoms with Crippen LogP contribution in [0.4, 0.5) is 4.39 Å². The van der Waals surface area contributed by atoms with Gasteiger partial charge in [-0.3, -0.25) is 5.10 Å². The van der Waals surface area contributed by atoms with Crippen LogP contribution >= 0.6 is 15.9 Å². The lowest BCUT2D eigenvalue weighted by Gasteiger charge is -1.99. The van der Waals surface area contributed by atoms with Crippen LogP contribution in [0.1, 0.15) is 5.56 Å². The first-order valence-corrected chi connectivity index (χ1v) is 5.27. The Morgan fingerprint density at radius 3 is 2.64 bits per heavy atom. The minimum atomic E-state index is -0.228. The third-order valence-corrected chi connectivity index (χ3v) is 2.60. The second-order valence-electron chi connectivity index (χ2n) is 2.91. The van der Waals surface area contributed by atoms with Crippen molar-refractivity contribution in [1.29, 1.82) is 0 Å². The number of rotatable bonds is 2. The fraction of sp³-hybridized carbons (Fsp3) is 0.100. The van der Waals surface area contributed by atoms with E-state index in [1.54, 1.807) is 18.3 Å². The van der Waals surface area contributed by atoms with Gasteiger partial charge < -0.3 is 0 Å². The SMILES string of the molecule is Fc1ccc(-c2[nH]ncc2CBr)cc1. The first-order chi connectivity index (χ1) is 6.81. The number of benzene rings is 1. The lowest BCUT2D eigenvalue weighted by molar-refractivity contribution is 0.628. The number of alkyl halides is 1. The molecule has 0 amide bonds. The molecule has 1 heterocycles. The normalized spacial score (nSPS) is 10.4. The van der Waals surface area contributed by atoms with Crippen LogP contribution in [0.15, 0.2) is 30.5 Å². The van der Waals surface area contributed by atoms with Gasteiger partial charge in [0.15, 0.2) is 0 Å². The molecule has 2 nitrogen and oxygen atoms in total. The van der Waals surface area contributed by atoms with E-state index in [4.69, 9.17) is 0 Å². The standard InChI is InChI=1S/C10H8BrFN2/c11-5-8-6-13-14-10(8)7-1-3-9(12)4-2-7/h1-4,6H,5H2,(H,13,14). The van der Waals surface area contributed by atoms with Gasteiger partial charge in [-0.1, -0.05) is 15.9 Å². The highest BCUT2D eigenvalue weighted by molar-refractivity contribution is 9.08. The van der Waals surface area contributed by atoms with E-state index in [0.717, 1.165) is 22.2 Å². The molecule has 2 aromatic rings. The molecule has 1 N–H and O–H groups in total. The first kappa shape index (κ1) is 9.40. The van der Waals surface area contributed by atoms with Gasteiger partial charge in [-0.2, -0.15) is 5.10 Å². The molecule has 0 saturated heterocycles. The van der Waals surface area contributed by atoms with Crippen LogP contribution in [-0.4, -0.2) is 10.2 Å². The van der Waals surface area contributed by atoms with Crippen LogP contribution in [0.2, 0.25) is 0 Å². The van der Waals surface area contributed by atoms with Crippen LogP contribution < -0.4 is 0 Å². The van der Waals surface area contributed by atoms with Crippen molar-refractivity contribution in [1.82, 2.24) is 10.2 Å². The molecule has 0 bridgehead atoms. The lowest BCUT2D eigenvalue weighted by atomic mass is 10.1. The van der Waals surface area contributed by atoms with Gasteiger partial charge >= 0.3 is 0 Å². The minimum Gasteiger partial charge on any atom is -0.278 e. The first-order valence-electron chi connectivity index (χ1n) is 4.15. The maximum Gasteiger partial charge on any atom is 0.123 e. The summed E-state index contributed by atoms with van der Waals surface area (Å²) in [4.78, 5) is 0. The van der Waals surface area contributed by atoms with Crippen molar-refractivity contribution in [3.8, 4) is 11.3 Å². The van der Waals surface area contributed by atoms with Crippen LogP contribution in [0.25, 0.3) is 11.3 Å². The molecule has 0 aliphatic carbocycles. The summed E-state index contributed by atoms with van der Waals surface area (Å²) in [6.07, 6.45) is 1.76. The molecule has 2 rings (SSSR count). The Morgan fingerprint density at radius 1 is 1.29 bits per heavy atom. The van der Waals surface area contributed by atoms with Gasteiger partial charge in [0.2, 0.25) is 0 Å². The molecule has 72 valence electrons. The number of aromatic nitrogens is 2. The zero-order valence-electron chi connectivity index (χ0n) is 7.30. The van der Waals surface area contributed by atoms with Crippen molar-refractivity contribution in [3.05, 3.63) is 41.8 Å². The maximum absolute atomic E-state index is 12.7. The number of hydrogen-bond acceptors (Lipinski definition) is 1. The summed E-state index contributed by atoms with van der Waals surface area (Å²) in [5, 5.41) is 7.57. The molecule has 0 radical (unpaired) electrons. The van der Waals surface area contributed by atoms with E-state index in [-0.39, 0.29) is 5.82 Å². The van der Waals surface area contributed by atoms with E-state index in [1.807, 2.05) is 0 Å². The number of aromatic amines is 1. The Kier molecular flexibility index (Phi) is 2.63. The molecule has 0 saturated carbocycles. The highest BCUT2D eigenvalue weighted by Gasteiger charge is 2.05. The Hall–Kier alpha value is -1.16. The van der Waals surface area contributed by atoms with Gasteiger partial charge in [0.1, 0.15) is 5.82 Å². The molecule has 1 aromatic heterocycles. The molecular weight excluding hydrogens is 247 g/mol. The summed E-state index contributed by atoms with van der Waals surface area (Å²) in [6.45, 7) is 0. The Bertz CT molecular complexity index is 422. The third-order valence-electron chi connectivity index (χ3n) is 1.99. The average Bonchev–Trinajstić information content (AvgIpc) is 2.67. The molecule has 0 aliphatic rings. The van der Waals surface area contributed by atoms with E-state index < -0.39 is 0 Å². The van der Waals surface area contributed by atoms with Gasteiger partial charge in [0.05, 0.1) is 11.9 Å². The molecule has 14 heavy (non-hydrogen) atoms. The summed E-state index contributed by atoms with van der Waals surface area (Å²) < 4.78 is 12.7. The van der Waals surface area contributed by atoms with Crippen molar-refractivity contribution in [2.75, 3.05) is 0 Å². The fourth-order valence-corrected chi connectivity index (χ4v) is 1.70. The van der Waals surface area contributed by atoms with Crippen LogP contribution in [0.3, 0.4) is 0 Å². The van der Waals surface area contributed by atoms with Gasteiger partial charge in [-0.25, -0.2) is 4.39 Å². The molecule has 0 aliphatic heterocycles. The zero-order valence-corrected chi connectivity index (χ0v) is 8.88. The number of halogens is 2. The predicted octanol–water partition coefficient (Wildman–Crippen LogP) is 3.11. The quantitative estimate of drug-likeness (QED) is 0.820. The monoisotopic (exact) mass is 254 g/mol. The Balaban J connectivity index is 2.44. The second-order valence-corrected chi connectivity index (χ2v) is 3.47. The molecular formula is C10H8BrFN2. The van der Waals surface area contributed by atoms with Crippen molar-refractivity contribution >= 4 is 15.9 Å².